The van der Waals surface area contributed by atoms with Gasteiger partial charge in [0.15, 0.2) is 0 Å². The molecule has 2 N–H and O–H groups in total. The van der Waals surface area contributed by atoms with Gasteiger partial charge in [-0.1, -0.05) is 48.5 Å². The fourth-order valence-electron chi connectivity index (χ4n) is 3.67. The Morgan fingerprint density at radius 1 is 1.07 bits per heavy atom. The van der Waals surface area contributed by atoms with Crippen molar-refractivity contribution in [1.29, 1.82) is 0 Å². The van der Waals surface area contributed by atoms with Crippen LogP contribution in [0.25, 0.3) is 16.9 Å². The molecule has 0 aliphatic heterocycles. The Morgan fingerprint density at radius 3 is 2.40 bits per heavy atom. The second kappa shape index (κ2) is 6.96. The highest BCUT2D eigenvalue weighted by Gasteiger charge is 2.29. The zero-order valence-corrected chi connectivity index (χ0v) is 15.5. The van der Waals surface area contributed by atoms with Crippen molar-refractivity contribution in [3.63, 3.8) is 0 Å². The van der Waals surface area contributed by atoms with Gasteiger partial charge in [0.2, 0.25) is 0 Å². The van der Waals surface area contributed by atoms with Crippen molar-refractivity contribution in [3.8, 4) is 11.1 Å². The number of benzene rings is 2. The lowest BCUT2D eigenvalue weighted by molar-refractivity contribution is 0.0695. The average Bonchev–Trinajstić information content (AvgIpc) is 3.30. The number of hydrogen-bond acceptors (Lipinski definition) is 6. The first-order valence-corrected chi connectivity index (χ1v) is 9.18. The van der Waals surface area contributed by atoms with E-state index in [-0.39, 0.29) is 29.8 Å². The molecule has 2 aromatic heterocycles. The normalized spacial score (nSPS) is 12.4. The standard InChI is InChI=1S/C21H15N5O4/c27-18(28)12-9-22-20-23-19(25-26(20)10-12)24-21(29)30-11-17-15-7-3-1-5-13(15)14-6-2-4-8-16(14)17/h1-10,17H,11H2,(H,27,28)(H,24,25,29). The van der Waals surface area contributed by atoms with Crippen molar-refractivity contribution in [1.82, 2.24) is 19.6 Å². The van der Waals surface area contributed by atoms with Crippen molar-refractivity contribution < 1.29 is 19.4 Å². The zero-order valence-electron chi connectivity index (χ0n) is 15.5. The molecule has 4 aromatic rings. The Hall–Kier alpha value is -4.27. The van der Waals surface area contributed by atoms with E-state index >= 15 is 0 Å². The molecule has 148 valence electrons. The number of amides is 1. The molecule has 30 heavy (non-hydrogen) atoms. The minimum Gasteiger partial charge on any atom is -0.478 e. The number of aromatic nitrogens is 4. The molecule has 0 saturated carbocycles. The Kier molecular flexibility index (Phi) is 4.13. The molecule has 2 heterocycles. The van der Waals surface area contributed by atoms with Crippen LogP contribution in [-0.2, 0) is 4.74 Å². The van der Waals surface area contributed by atoms with Crippen molar-refractivity contribution in [2.24, 2.45) is 0 Å². The molecule has 0 fully saturated rings. The number of nitrogens with zero attached hydrogens (tertiary/aromatic N) is 4. The first-order valence-electron chi connectivity index (χ1n) is 9.18. The second-order valence-electron chi connectivity index (χ2n) is 6.78. The van der Waals surface area contributed by atoms with Crippen molar-refractivity contribution in [2.75, 3.05) is 11.9 Å². The van der Waals surface area contributed by atoms with Crippen LogP contribution in [0.2, 0.25) is 0 Å². The van der Waals surface area contributed by atoms with Gasteiger partial charge < -0.3 is 9.84 Å². The van der Waals surface area contributed by atoms with E-state index in [2.05, 4.69) is 32.5 Å². The molecule has 9 heteroatoms. The summed E-state index contributed by atoms with van der Waals surface area (Å²) in [6.07, 6.45) is 1.73. The zero-order chi connectivity index (χ0) is 20.7. The van der Waals surface area contributed by atoms with E-state index in [1.54, 1.807) is 0 Å². The van der Waals surface area contributed by atoms with Crippen LogP contribution in [-0.4, -0.2) is 43.4 Å². The molecule has 2 aromatic carbocycles. The fraction of sp³-hybridized carbons (Fsp3) is 0.0952. The van der Waals surface area contributed by atoms with E-state index in [0.29, 0.717) is 0 Å². The predicted molar refractivity (Wildman–Crippen MR) is 106 cm³/mol. The summed E-state index contributed by atoms with van der Waals surface area (Å²) < 4.78 is 6.63. The van der Waals surface area contributed by atoms with E-state index < -0.39 is 12.1 Å². The van der Waals surface area contributed by atoms with Gasteiger partial charge in [-0.05, 0) is 22.3 Å². The first-order chi connectivity index (χ1) is 14.6. The number of ether oxygens (including phenoxy) is 1. The highest BCUT2D eigenvalue weighted by atomic mass is 16.5. The SMILES string of the molecule is O=C(Nc1nc2ncc(C(=O)O)cn2n1)OCC1c2ccccc2-c2ccccc21. The highest BCUT2D eigenvalue weighted by Crippen LogP contribution is 2.44. The highest BCUT2D eigenvalue weighted by molar-refractivity contribution is 5.87. The number of rotatable bonds is 4. The second-order valence-corrected chi connectivity index (χ2v) is 6.78. The van der Waals surface area contributed by atoms with Crippen molar-refractivity contribution in [2.45, 2.75) is 5.92 Å². The molecule has 0 bridgehead atoms. The van der Waals surface area contributed by atoms with Crippen LogP contribution in [0.5, 0.6) is 0 Å². The summed E-state index contributed by atoms with van der Waals surface area (Å²) in [5.41, 5.74) is 4.47. The van der Waals surface area contributed by atoms with E-state index in [1.165, 1.54) is 16.9 Å². The molecule has 1 aliphatic rings. The maximum atomic E-state index is 12.3. The summed E-state index contributed by atoms with van der Waals surface area (Å²) in [6.45, 7) is 0.161. The van der Waals surface area contributed by atoms with Gasteiger partial charge in [0.1, 0.15) is 6.61 Å². The van der Waals surface area contributed by atoms with Crippen LogP contribution in [0.3, 0.4) is 0 Å². The minimum atomic E-state index is -1.13. The maximum Gasteiger partial charge on any atom is 0.414 e. The number of hydrogen-bond donors (Lipinski definition) is 2. The average molecular weight is 401 g/mol. The number of carboxylic acid groups (broad SMARTS) is 1. The third kappa shape index (κ3) is 3.02. The van der Waals surface area contributed by atoms with Gasteiger partial charge >= 0.3 is 12.1 Å². The summed E-state index contributed by atoms with van der Waals surface area (Å²) in [6, 6.07) is 16.1. The van der Waals surface area contributed by atoms with Crippen LogP contribution < -0.4 is 5.32 Å². The van der Waals surface area contributed by atoms with Crippen molar-refractivity contribution >= 4 is 23.8 Å². The van der Waals surface area contributed by atoms with Crippen LogP contribution in [0.1, 0.15) is 27.4 Å². The minimum absolute atomic E-state index is 0.0257. The maximum absolute atomic E-state index is 12.3. The largest absolute Gasteiger partial charge is 0.478 e. The van der Waals surface area contributed by atoms with Gasteiger partial charge in [-0.3, -0.25) is 5.32 Å². The van der Waals surface area contributed by atoms with Gasteiger partial charge in [-0.2, -0.15) is 4.98 Å². The molecule has 0 unspecified atom stereocenters. The topological polar surface area (TPSA) is 119 Å². The number of carboxylic acids is 1. The lowest BCUT2D eigenvalue weighted by Crippen LogP contribution is -2.18. The number of nitrogens with one attached hydrogen (secondary N) is 1. The van der Waals surface area contributed by atoms with Gasteiger partial charge in [0, 0.05) is 18.3 Å². The lowest BCUT2D eigenvalue weighted by Gasteiger charge is -2.13. The summed E-state index contributed by atoms with van der Waals surface area (Å²) >= 11 is 0. The Morgan fingerprint density at radius 2 is 1.73 bits per heavy atom. The van der Waals surface area contributed by atoms with Crippen molar-refractivity contribution in [3.05, 3.63) is 77.6 Å². The Labute approximate surface area is 170 Å². The van der Waals surface area contributed by atoms with Gasteiger partial charge in [0.05, 0.1) is 5.56 Å². The molecule has 0 saturated heterocycles. The third-order valence-corrected chi connectivity index (χ3v) is 5.00. The van der Waals surface area contributed by atoms with E-state index in [9.17, 15) is 9.59 Å². The van der Waals surface area contributed by atoms with E-state index in [0.717, 1.165) is 22.3 Å². The third-order valence-electron chi connectivity index (χ3n) is 5.00. The number of fused-ring (bicyclic) bond motifs is 4. The van der Waals surface area contributed by atoms with Crippen LogP contribution >= 0.6 is 0 Å². The molecule has 1 aliphatic carbocycles. The van der Waals surface area contributed by atoms with Gasteiger partial charge in [-0.15, -0.1) is 5.10 Å². The Balaban J connectivity index is 1.31. The van der Waals surface area contributed by atoms with E-state index in [4.69, 9.17) is 9.84 Å². The first kappa shape index (κ1) is 17.8. The van der Waals surface area contributed by atoms with Gasteiger partial charge in [0.25, 0.3) is 11.7 Å². The molecule has 5 rings (SSSR count). The lowest BCUT2D eigenvalue weighted by atomic mass is 9.98. The smallest absolute Gasteiger partial charge is 0.414 e. The molecule has 9 nitrogen and oxygen atoms in total. The number of anilines is 1. The molecular weight excluding hydrogens is 386 g/mol. The van der Waals surface area contributed by atoms with Crippen LogP contribution in [0.4, 0.5) is 10.7 Å². The van der Waals surface area contributed by atoms with Crippen LogP contribution in [0, 0.1) is 0 Å². The Bertz CT molecular complexity index is 1250. The van der Waals surface area contributed by atoms with E-state index in [1.807, 2.05) is 36.4 Å². The summed E-state index contributed by atoms with van der Waals surface area (Å²) in [4.78, 5) is 31.3. The summed E-state index contributed by atoms with van der Waals surface area (Å²) in [5.74, 6) is -1.06. The summed E-state index contributed by atoms with van der Waals surface area (Å²) in [7, 11) is 0. The molecule has 0 spiro atoms. The number of carbonyl (C=O) groups excluding carboxylic acids is 1. The monoisotopic (exact) mass is 401 g/mol. The molecule has 0 radical (unpaired) electrons. The van der Waals surface area contributed by atoms with Gasteiger partial charge in [-0.25, -0.2) is 19.1 Å². The molecule has 1 amide bonds. The number of carbonyl (C=O) groups is 2. The fourth-order valence-corrected chi connectivity index (χ4v) is 3.67. The molecule has 0 atom stereocenters. The van der Waals surface area contributed by atoms with Crippen LogP contribution in [0.15, 0.2) is 60.9 Å². The quantitative estimate of drug-likeness (QED) is 0.539. The summed E-state index contributed by atoms with van der Waals surface area (Å²) in [5, 5.41) is 15.5. The number of aromatic carboxylic acids is 1. The molecular formula is C21H15N5O4. The predicted octanol–water partition coefficient (Wildman–Crippen LogP) is 3.18.